The van der Waals surface area contributed by atoms with Gasteiger partial charge >= 0.3 is 5.97 Å². The molecule has 0 radical (unpaired) electrons. The Balaban J connectivity index is 2.99. The minimum Gasteiger partial charge on any atom is -0.438 e. The SMILES string of the molecule is COCOC(=O)CBr. The van der Waals surface area contributed by atoms with E-state index >= 15 is 0 Å². The fourth-order valence-corrected chi connectivity index (χ4v) is 0.325. The van der Waals surface area contributed by atoms with Gasteiger partial charge in [-0.05, 0) is 0 Å². The molecular formula is C4H7BrO3. The van der Waals surface area contributed by atoms with Crippen LogP contribution in [0.2, 0.25) is 0 Å². The lowest BCUT2D eigenvalue weighted by atomic mass is 10.8. The van der Waals surface area contributed by atoms with Gasteiger partial charge in [0.25, 0.3) is 0 Å². The van der Waals surface area contributed by atoms with Crippen LogP contribution >= 0.6 is 15.9 Å². The molecule has 0 unspecified atom stereocenters. The van der Waals surface area contributed by atoms with Crippen molar-refractivity contribution in [1.29, 1.82) is 0 Å². The van der Waals surface area contributed by atoms with Gasteiger partial charge in [-0.2, -0.15) is 0 Å². The highest BCUT2D eigenvalue weighted by atomic mass is 79.9. The van der Waals surface area contributed by atoms with Crippen molar-refractivity contribution in [2.24, 2.45) is 0 Å². The molecule has 3 nitrogen and oxygen atoms in total. The third-order valence-electron chi connectivity index (χ3n) is 0.447. The molecule has 4 heteroatoms. The summed E-state index contributed by atoms with van der Waals surface area (Å²) < 4.78 is 8.88. The number of alkyl halides is 1. The molecule has 0 fully saturated rings. The molecule has 0 aromatic carbocycles. The normalized spacial score (nSPS) is 8.75. The molecule has 0 saturated heterocycles. The number of esters is 1. The van der Waals surface area contributed by atoms with E-state index < -0.39 is 0 Å². The van der Waals surface area contributed by atoms with Crippen LogP contribution in [0.15, 0.2) is 0 Å². The second-order valence-corrected chi connectivity index (χ2v) is 1.62. The Bertz CT molecular complexity index is 73.7. The van der Waals surface area contributed by atoms with E-state index in [2.05, 4.69) is 25.4 Å². The second kappa shape index (κ2) is 5.05. The standard InChI is InChI=1S/C4H7BrO3/c1-7-3-8-4(6)2-5/h2-3H2,1H3. The first kappa shape index (κ1) is 7.91. The predicted molar refractivity (Wildman–Crippen MR) is 31.8 cm³/mol. The maximum atomic E-state index is 10.2. The topological polar surface area (TPSA) is 35.5 Å². The quantitative estimate of drug-likeness (QED) is 0.363. The van der Waals surface area contributed by atoms with Crippen molar-refractivity contribution < 1.29 is 14.3 Å². The first-order valence-corrected chi connectivity index (χ1v) is 3.14. The van der Waals surface area contributed by atoms with Crippen LogP contribution in [-0.2, 0) is 14.3 Å². The van der Waals surface area contributed by atoms with Crippen LogP contribution in [0.4, 0.5) is 0 Å². The summed E-state index contributed by atoms with van der Waals surface area (Å²) in [5.41, 5.74) is 0. The predicted octanol–water partition coefficient (Wildman–Crippen LogP) is 0.528. The second-order valence-electron chi connectivity index (χ2n) is 1.06. The maximum absolute atomic E-state index is 10.2. The summed E-state index contributed by atoms with van der Waals surface area (Å²) in [5.74, 6) is -0.313. The summed E-state index contributed by atoms with van der Waals surface area (Å²) in [5, 5.41) is 0.219. The summed E-state index contributed by atoms with van der Waals surface area (Å²) in [4.78, 5) is 10.2. The molecule has 0 bridgehead atoms. The van der Waals surface area contributed by atoms with Crippen LogP contribution < -0.4 is 0 Å². The largest absolute Gasteiger partial charge is 0.438 e. The van der Waals surface area contributed by atoms with Gasteiger partial charge in [-0.25, -0.2) is 0 Å². The van der Waals surface area contributed by atoms with Crippen LogP contribution in [0.1, 0.15) is 0 Å². The van der Waals surface area contributed by atoms with Crippen molar-refractivity contribution in [3.05, 3.63) is 0 Å². The van der Waals surface area contributed by atoms with Crippen molar-refractivity contribution in [3.8, 4) is 0 Å². The van der Waals surface area contributed by atoms with Crippen LogP contribution in [-0.4, -0.2) is 25.2 Å². The Morgan fingerprint density at radius 3 is 2.75 bits per heavy atom. The molecule has 0 aliphatic carbocycles. The van der Waals surface area contributed by atoms with E-state index in [-0.39, 0.29) is 18.1 Å². The van der Waals surface area contributed by atoms with E-state index in [1.54, 1.807) is 0 Å². The molecule has 0 rings (SSSR count). The number of hydrogen-bond donors (Lipinski definition) is 0. The van der Waals surface area contributed by atoms with Gasteiger partial charge in [0.15, 0.2) is 6.79 Å². The zero-order valence-electron chi connectivity index (χ0n) is 4.52. The zero-order chi connectivity index (χ0) is 6.41. The van der Waals surface area contributed by atoms with Crippen LogP contribution in [0.3, 0.4) is 0 Å². The average Bonchev–Trinajstić information content (AvgIpc) is 1.83. The molecule has 0 spiro atoms. The van der Waals surface area contributed by atoms with E-state index in [4.69, 9.17) is 0 Å². The molecule has 0 saturated carbocycles. The molecule has 0 N–H and O–H groups in total. The van der Waals surface area contributed by atoms with Gasteiger partial charge in [-0.3, -0.25) is 4.79 Å². The first-order valence-electron chi connectivity index (χ1n) is 2.01. The maximum Gasteiger partial charge on any atom is 0.318 e. The number of methoxy groups -OCH3 is 1. The lowest BCUT2D eigenvalue weighted by molar-refractivity contribution is -0.150. The van der Waals surface area contributed by atoms with E-state index in [9.17, 15) is 4.79 Å². The molecular weight excluding hydrogens is 176 g/mol. The Kier molecular flexibility index (Phi) is 5.00. The van der Waals surface area contributed by atoms with E-state index in [1.807, 2.05) is 0 Å². The Morgan fingerprint density at radius 2 is 2.38 bits per heavy atom. The van der Waals surface area contributed by atoms with E-state index in [0.29, 0.717) is 0 Å². The van der Waals surface area contributed by atoms with Crippen LogP contribution in [0.25, 0.3) is 0 Å². The van der Waals surface area contributed by atoms with E-state index in [1.165, 1.54) is 7.11 Å². The monoisotopic (exact) mass is 182 g/mol. The highest BCUT2D eigenvalue weighted by Gasteiger charge is 1.94. The average molecular weight is 183 g/mol. The number of hydrogen-bond acceptors (Lipinski definition) is 3. The summed E-state index contributed by atoms with van der Waals surface area (Å²) in [6.07, 6.45) is 0. The lowest BCUT2D eigenvalue weighted by Crippen LogP contribution is -2.07. The van der Waals surface area contributed by atoms with Gasteiger partial charge in [-0.1, -0.05) is 15.9 Å². The molecule has 0 atom stereocenters. The molecule has 0 aliphatic rings. The van der Waals surface area contributed by atoms with E-state index in [0.717, 1.165) is 0 Å². The Hall–Kier alpha value is -0.0900. The summed E-state index contributed by atoms with van der Waals surface area (Å²) in [6.45, 7) is 0.0322. The molecule has 0 aromatic heterocycles. The summed E-state index contributed by atoms with van der Waals surface area (Å²) >= 11 is 2.91. The number of halogens is 1. The molecule has 0 aromatic rings. The number of carbonyl (C=O) groups is 1. The molecule has 0 heterocycles. The smallest absolute Gasteiger partial charge is 0.318 e. The van der Waals surface area contributed by atoms with Gasteiger partial charge < -0.3 is 9.47 Å². The molecule has 48 valence electrons. The van der Waals surface area contributed by atoms with Crippen LogP contribution in [0, 0.1) is 0 Å². The third kappa shape index (κ3) is 4.08. The fourth-order valence-electron chi connectivity index (χ4n) is 0.163. The van der Waals surface area contributed by atoms with Gasteiger partial charge in [0.05, 0.1) is 0 Å². The van der Waals surface area contributed by atoms with Gasteiger partial charge in [0, 0.05) is 7.11 Å². The Morgan fingerprint density at radius 1 is 1.75 bits per heavy atom. The minimum atomic E-state index is -0.313. The van der Waals surface area contributed by atoms with Gasteiger partial charge in [0.1, 0.15) is 5.33 Å². The highest BCUT2D eigenvalue weighted by molar-refractivity contribution is 9.09. The van der Waals surface area contributed by atoms with Crippen molar-refractivity contribution in [1.82, 2.24) is 0 Å². The first-order chi connectivity index (χ1) is 3.81. The number of carbonyl (C=O) groups excluding carboxylic acids is 1. The number of rotatable bonds is 3. The van der Waals surface area contributed by atoms with Crippen molar-refractivity contribution in [2.75, 3.05) is 19.2 Å². The van der Waals surface area contributed by atoms with Crippen molar-refractivity contribution >= 4 is 21.9 Å². The zero-order valence-corrected chi connectivity index (χ0v) is 6.10. The summed E-state index contributed by atoms with van der Waals surface area (Å²) in [6, 6.07) is 0. The molecule has 0 aliphatic heterocycles. The minimum absolute atomic E-state index is 0.0322. The van der Waals surface area contributed by atoms with Gasteiger partial charge in [0.2, 0.25) is 0 Å². The van der Waals surface area contributed by atoms with Gasteiger partial charge in [-0.15, -0.1) is 0 Å². The van der Waals surface area contributed by atoms with Crippen molar-refractivity contribution in [2.45, 2.75) is 0 Å². The molecule has 8 heavy (non-hydrogen) atoms. The summed E-state index contributed by atoms with van der Waals surface area (Å²) in [7, 11) is 1.46. The highest BCUT2D eigenvalue weighted by Crippen LogP contribution is 1.83. The third-order valence-corrected chi connectivity index (χ3v) is 0.905. The molecule has 0 amide bonds. The lowest BCUT2D eigenvalue weighted by Gasteiger charge is -1.97. The van der Waals surface area contributed by atoms with Crippen molar-refractivity contribution in [3.63, 3.8) is 0 Å². The Labute approximate surface area is 56.1 Å². The van der Waals surface area contributed by atoms with Crippen LogP contribution in [0.5, 0.6) is 0 Å². The number of ether oxygens (including phenoxy) is 2. The fraction of sp³-hybridized carbons (Fsp3) is 0.750.